The SMILES string of the molecule is CCOC(=O)NCC(=O)NC(C=O)c1ccccc1. The molecule has 2 amide bonds. The van der Waals surface area contributed by atoms with Crippen LogP contribution in [0.4, 0.5) is 4.79 Å². The summed E-state index contributed by atoms with van der Waals surface area (Å²) >= 11 is 0. The number of nitrogens with one attached hydrogen (secondary N) is 2. The molecule has 0 aromatic heterocycles. The highest BCUT2D eigenvalue weighted by Gasteiger charge is 2.13. The third kappa shape index (κ3) is 5.20. The number of aldehydes is 1. The summed E-state index contributed by atoms with van der Waals surface area (Å²) in [7, 11) is 0. The summed E-state index contributed by atoms with van der Waals surface area (Å²) in [6.45, 7) is 1.65. The van der Waals surface area contributed by atoms with Crippen molar-refractivity contribution < 1.29 is 19.1 Å². The number of rotatable bonds is 6. The van der Waals surface area contributed by atoms with E-state index in [0.717, 1.165) is 0 Å². The highest BCUT2D eigenvalue weighted by Crippen LogP contribution is 2.09. The summed E-state index contributed by atoms with van der Waals surface area (Å²) in [4.78, 5) is 33.5. The Hall–Kier alpha value is -2.37. The molecule has 19 heavy (non-hydrogen) atoms. The fraction of sp³-hybridized carbons (Fsp3) is 0.308. The topological polar surface area (TPSA) is 84.5 Å². The van der Waals surface area contributed by atoms with E-state index in [2.05, 4.69) is 15.4 Å². The zero-order chi connectivity index (χ0) is 14.1. The van der Waals surface area contributed by atoms with Gasteiger partial charge in [0.15, 0.2) is 0 Å². The highest BCUT2D eigenvalue weighted by atomic mass is 16.5. The van der Waals surface area contributed by atoms with Crippen LogP contribution in [0.3, 0.4) is 0 Å². The number of hydrogen-bond donors (Lipinski definition) is 2. The standard InChI is InChI=1S/C13H16N2O4/c1-2-19-13(18)14-8-12(17)15-11(9-16)10-6-4-3-5-7-10/h3-7,9,11H,2,8H2,1H3,(H,14,18)(H,15,17). The molecule has 0 radical (unpaired) electrons. The third-order valence-corrected chi connectivity index (χ3v) is 2.28. The maximum atomic E-state index is 11.6. The fourth-order valence-electron chi connectivity index (χ4n) is 1.42. The van der Waals surface area contributed by atoms with E-state index in [1.807, 2.05) is 6.07 Å². The summed E-state index contributed by atoms with van der Waals surface area (Å²) < 4.78 is 4.61. The molecule has 0 aliphatic carbocycles. The van der Waals surface area contributed by atoms with Gasteiger partial charge in [0, 0.05) is 0 Å². The predicted octanol–water partition coefficient (Wildman–Crippen LogP) is 0.789. The third-order valence-electron chi connectivity index (χ3n) is 2.28. The van der Waals surface area contributed by atoms with Crippen LogP contribution >= 0.6 is 0 Å². The molecular formula is C13H16N2O4. The van der Waals surface area contributed by atoms with Gasteiger partial charge in [-0.05, 0) is 12.5 Å². The zero-order valence-corrected chi connectivity index (χ0v) is 10.6. The Morgan fingerprint density at radius 3 is 2.58 bits per heavy atom. The number of ether oxygens (including phenoxy) is 1. The monoisotopic (exact) mass is 264 g/mol. The number of carbonyl (C=O) groups excluding carboxylic acids is 3. The Bertz CT molecular complexity index is 434. The van der Waals surface area contributed by atoms with E-state index in [1.54, 1.807) is 31.2 Å². The Labute approximate surface area is 111 Å². The summed E-state index contributed by atoms with van der Waals surface area (Å²) in [5.41, 5.74) is 0.682. The second-order valence-corrected chi connectivity index (χ2v) is 3.67. The predicted molar refractivity (Wildman–Crippen MR) is 68.4 cm³/mol. The van der Waals surface area contributed by atoms with Crippen molar-refractivity contribution in [3.8, 4) is 0 Å². The molecule has 0 heterocycles. The van der Waals surface area contributed by atoms with Crippen LogP contribution in [0.25, 0.3) is 0 Å². The summed E-state index contributed by atoms with van der Waals surface area (Å²) in [5, 5.41) is 4.78. The summed E-state index contributed by atoms with van der Waals surface area (Å²) in [6.07, 6.45) is -0.0301. The van der Waals surface area contributed by atoms with Crippen molar-refractivity contribution in [3.05, 3.63) is 35.9 Å². The molecule has 0 fully saturated rings. The molecule has 0 aliphatic rings. The lowest BCUT2D eigenvalue weighted by atomic mass is 10.1. The Morgan fingerprint density at radius 2 is 2.00 bits per heavy atom. The normalized spacial score (nSPS) is 11.2. The number of benzene rings is 1. The molecule has 0 saturated heterocycles. The number of carbonyl (C=O) groups is 3. The van der Waals surface area contributed by atoms with Gasteiger partial charge < -0.3 is 20.2 Å². The van der Waals surface area contributed by atoms with E-state index >= 15 is 0 Å². The van der Waals surface area contributed by atoms with Crippen LogP contribution in [-0.2, 0) is 14.3 Å². The average molecular weight is 264 g/mol. The van der Waals surface area contributed by atoms with E-state index in [9.17, 15) is 14.4 Å². The molecule has 0 spiro atoms. The quantitative estimate of drug-likeness (QED) is 0.744. The second kappa shape index (κ2) is 7.86. The van der Waals surface area contributed by atoms with Gasteiger partial charge in [-0.1, -0.05) is 30.3 Å². The van der Waals surface area contributed by atoms with Gasteiger partial charge >= 0.3 is 6.09 Å². The molecule has 0 saturated carbocycles. The van der Waals surface area contributed by atoms with Crippen LogP contribution in [0.15, 0.2) is 30.3 Å². The van der Waals surface area contributed by atoms with E-state index in [0.29, 0.717) is 11.8 Å². The number of hydrogen-bond acceptors (Lipinski definition) is 4. The first-order chi connectivity index (χ1) is 9.17. The van der Waals surface area contributed by atoms with E-state index in [-0.39, 0.29) is 13.2 Å². The van der Waals surface area contributed by atoms with Crippen LogP contribution in [0, 0.1) is 0 Å². The highest BCUT2D eigenvalue weighted by molar-refractivity contribution is 5.84. The van der Waals surface area contributed by atoms with Crippen LogP contribution in [0.2, 0.25) is 0 Å². The first-order valence-electron chi connectivity index (χ1n) is 5.87. The van der Waals surface area contributed by atoms with Crippen molar-refractivity contribution in [1.82, 2.24) is 10.6 Å². The van der Waals surface area contributed by atoms with E-state index in [1.165, 1.54) is 0 Å². The Kier molecular flexibility index (Phi) is 6.08. The smallest absolute Gasteiger partial charge is 0.407 e. The van der Waals surface area contributed by atoms with Crippen LogP contribution < -0.4 is 10.6 Å². The molecule has 6 heteroatoms. The van der Waals surface area contributed by atoms with E-state index < -0.39 is 18.0 Å². The van der Waals surface area contributed by atoms with Gasteiger partial charge in [-0.25, -0.2) is 4.79 Å². The maximum absolute atomic E-state index is 11.6. The van der Waals surface area contributed by atoms with Crippen molar-refractivity contribution in [2.24, 2.45) is 0 Å². The molecule has 0 bridgehead atoms. The molecule has 102 valence electrons. The zero-order valence-electron chi connectivity index (χ0n) is 10.6. The molecule has 1 rings (SSSR count). The van der Waals surface area contributed by atoms with Crippen molar-refractivity contribution >= 4 is 18.3 Å². The van der Waals surface area contributed by atoms with Gasteiger partial charge in [0.2, 0.25) is 5.91 Å². The van der Waals surface area contributed by atoms with Crippen molar-refractivity contribution in [2.75, 3.05) is 13.2 Å². The first kappa shape index (κ1) is 14.7. The molecule has 1 atom stereocenters. The lowest BCUT2D eigenvalue weighted by Crippen LogP contribution is -2.39. The van der Waals surface area contributed by atoms with Crippen LogP contribution in [-0.4, -0.2) is 31.4 Å². The molecule has 1 aromatic rings. The second-order valence-electron chi connectivity index (χ2n) is 3.67. The van der Waals surface area contributed by atoms with Crippen molar-refractivity contribution in [1.29, 1.82) is 0 Å². The van der Waals surface area contributed by atoms with Crippen LogP contribution in [0.1, 0.15) is 18.5 Å². The van der Waals surface area contributed by atoms with Gasteiger partial charge in [0.05, 0.1) is 6.61 Å². The molecule has 1 unspecified atom stereocenters. The maximum Gasteiger partial charge on any atom is 0.407 e. The molecule has 6 nitrogen and oxygen atoms in total. The molecule has 2 N–H and O–H groups in total. The number of alkyl carbamates (subject to hydrolysis) is 1. The summed E-state index contributed by atoms with van der Waals surface area (Å²) in [6, 6.07) is 8.10. The van der Waals surface area contributed by atoms with Gasteiger partial charge in [-0.3, -0.25) is 4.79 Å². The first-order valence-corrected chi connectivity index (χ1v) is 5.87. The lowest BCUT2D eigenvalue weighted by Gasteiger charge is -2.13. The molecular weight excluding hydrogens is 248 g/mol. The fourth-order valence-corrected chi connectivity index (χ4v) is 1.42. The minimum Gasteiger partial charge on any atom is -0.450 e. The molecule has 0 aliphatic heterocycles. The Balaban J connectivity index is 2.46. The lowest BCUT2D eigenvalue weighted by molar-refractivity contribution is -0.123. The van der Waals surface area contributed by atoms with Crippen LogP contribution in [0.5, 0.6) is 0 Å². The number of amides is 2. The summed E-state index contributed by atoms with van der Waals surface area (Å²) in [5.74, 6) is -0.464. The van der Waals surface area contributed by atoms with Crippen molar-refractivity contribution in [3.63, 3.8) is 0 Å². The minimum atomic E-state index is -0.724. The van der Waals surface area contributed by atoms with Gasteiger partial charge in [-0.2, -0.15) is 0 Å². The van der Waals surface area contributed by atoms with Gasteiger partial charge in [0.25, 0.3) is 0 Å². The van der Waals surface area contributed by atoms with E-state index in [4.69, 9.17) is 0 Å². The van der Waals surface area contributed by atoms with Gasteiger partial charge in [0.1, 0.15) is 18.9 Å². The Morgan fingerprint density at radius 1 is 1.32 bits per heavy atom. The van der Waals surface area contributed by atoms with Gasteiger partial charge in [-0.15, -0.1) is 0 Å². The average Bonchev–Trinajstić information content (AvgIpc) is 2.44. The van der Waals surface area contributed by atoms with Crippen molar-refractivity contribution in [2.45, 2.75) is 13.0 Å². The molecule has 1 aromatic carbocycles. The minimum absolute atomic E-state index is 0.231. The largest absolute Gasteiger partial charge is 0.450 e.